The third-order valence-corrected chi connectivity index (χ3v) is 7.01. The van der Waals surface area contributed by atoms with E-state index in [1.54, 1.807) is 14.0 Å². The summed E-state index contributed by atoms with van der Waals surface area (Å²) in [5, 5.41) is 18.9. The molecule has 0 unspecified atom stereocenters. The lowest BCUT2D eigenvalue weighted by Crippen LogP contribution is -2.32. The standard InChI is InChI=1S/C19H25N3O5S2/c1-3-26-18(24)15-12-8-6-4-5-7-9-13(12)29-16(15)20-14(23)10-11-28-17-19(25)27-21-22(17)2/h3-11H2,1-2H3,(H-,20,21,23,24,25). The maximum atomic E-state index is 12.6. The highest BCUT2D eigenvalue weighted by Crippen LogP contribution is 2.37. The van der Waals surface area contributed by atoms with Crippen LogP contribution in [0, 0.1) is 0 Å². The molecule has 2 heterocycles. The van der Waals surface area contributed by atoms with Gasteiger partial charge in [0.15, 0.2) is 13.0 Å². The number of nitrogens with zero attached hydrogens (tertiary/aromatic N) is 2. The predicted molar refractivity (Wildman–Crippen MR) is 107 cm³/mol. The van der Waals surface area contributed by atoms with Crippen LogP contribution in [0.15, 0.2) is 9.55 Å². The minimum atomic E-state index is -0.513. The molecule has 0 saturated heterocycles. The summed E-state index contributed by atoms with van der Waals surface area (Å²) in [7, 11) is 1.61. The number of hydrogen-bond donors (Lipinski definition) is 1. The molecular weight excluding hydrogens is 414 g/mol. The Labute approximate surface area is 177 Å². The summed E-state index contributed by atoms with van der Waals surface area (Å²) in [5.41, 5.74) is 1.55. The topological polar surface area (TPSA) is 108 Å². The second-order valence-electron chi connectivity index (χ2n) is 6.78. The molecule has 3 rings (SSSR count). The van der Waals surface area contributed by atoms with Crippen LogP contribution in [-0.4, -0.2) is 29.5 Å². The van der Waals surface area contributed by atoms with E-state index in [-0.39, 0.29) is 18.3 Å². The molecular formula is C19H25N3O5S2. The van der Waals surface area contributed by atoms with Crippen LogP contribution in [0.5, 0.6) is 5.95 Å². The van der Waals surface area contributed by atoms with Gasteiger partial charge in [0.1, 0.15) is 5.00 Å². The highest BCUT2D eigenvalue weighted by atomic mass is 32.2. The van der Waals surface area contributed by atoms with Gasteiger partial charge in [-0.05, 0) is 38.2 Å². The van der Waals surface area contributed by atoms with Crippen molar-refractivity contribution in [3.8, 4) is 5.95 Å². The number of thioether (sulfide) groups is 1. The lowest BCUT2D eigenvalue weighted by Gasteiger charge is -2.11. The molecule has 158 valence electrons. The van der Waals surface area contributed by atoms with Gasteiger partial charge in [-0.25, -0.2) is 4.79 Å². The van der Waals surface area contributed by atoms with Gasteiger partial charge in [0, 0.05) is 17.1 Å². The largest absolute Gasteiger partial charge is 0.538 e. The Morgan fingerprint density at radius 3 is 2.76 bits per heavy atom. The third kappa shape index (κ3) is 5.30. The van der Waals surface area contributed by atoms with Gasteiger partial charge < -0.3 is 19.7 Å². The van der Waals surface area contributed by atoms with Crippen LogP contribution >= 0.6 is 23.1 Å². The summed E-state index contributed by atoms with van der Waals surface area (Å²) in [6.45, 7) is 2.07. The smallest absolute Gasteiger partial charge is 0.341 e. The lowest BCUT2D eigenvalue weighted by atomic mass is 9.96. The van der Waals surface area contributed by atoms with E-state index in [0.29, 0.717) is 28.0 Å². The Balaban J connectivity index is 1.70. The molecule has 0 aliphatic heterocycles. The Morgan fingerprint density at radius 2 is 2.07 bits per heavy atom. The molecule has 0 saturated carbocycles. The molecule has 1 aliphatic carbocycles. The number of amides is 1. The summed E-state index contributed by atoms with van der Waals surface area (Å²) in [5.74, 6) is -0.692. The van der Waals surface area contributed by atoms with E-state index in [1.807, 2.05) is 0 Å². The molecule has 2 aromatic heterocycles. The Morgan fingerprint density at radius 1 is 1.31 bits per heavy atom. The van der Waals surface area contributed by atoms with Gasteiger partial charge in [0.25, 0.3) is 5.03 Å². The van der Waals surface area contributed by atoms with Crippen LogP contribution in [0.2, 0.25) is 0 Å². The zero-order chi connectivity index (χ0) is 20.8. The van der Waals surface area contributed by atoms with Crippen molar-refractivity contribution >= 4 is 40.0 Å². The van der Waals surface area contributed by atoms with Gasteiger partial charge in [-0.2, -0.15) is 0 Å². The number of fused-ring (bicyclic) bond motifs is 1. The summed E-state index contributed by atoms with van der Waals surface area (Å²) >= 11 is 2.70. The Hall–Kier alpha value is -2.07. The highest BCUT2D eigenvalue weighted by molar-refractivity contribution is 7.99. The predicted octanol–water partition coefficient (Wildman–Crippen LogP) is 2.59. The SMILES string of the molecule is CCOC(=O)c1c(NC(=O)CCSc2c([O-])on[n+]2C)sc2c1CCCCCC2. The monoisotopic (exact) mass is 439 g/mol. The van der Waals surface area contributed by atoms with Gasteiger partial charge in [0.05, 0.1) is 17.4 Å². The Kier molecular flexibility index (Phi) is 7.54. The summed E-state index contributed by atoms with van der Waals surface area (Å²) in [6.07, 6.45) is 6.42. The van der Waals surface area contributed by atoms with Gasteiger partial charge >= 0.3 is 5.97 Å². The number of carbonyl (C=O) groups excluding carboxylic acids is 2. The third-order valence-electron chi connectivity index (χ3n) is 4.69. The van der Waals surface area contributed by atoms with Crippen LogP contribution in [-0.2, 0) is 29.4 Å². The number of aromatic nitrogens is 2. The fraction of sp³-hybridized carbons (Fsp3) is 0.579. The fourth-order valence-corrected chi connectivity index (χ4v) is 5.46. The number of thiophene rings is 1. The number of carbonyl (C=O) groups is 2. The number of esters is 1. The molecule has 0 fully saturated rings. The van der Waals surface area contributed by atoms with Gasteiger partial charge in [-0.3, -0.25) is 4.79 Å². The zero-order valence-corrected chi connectivity index (χ0v) is 18.2. The van der Waals surface area contributed by atoms with E-state index in [4.69, 9.17) is 4.74 Å². The van der Waals surface area contributed by atoms with E-state index in [9.17, 15) is 14.7 Å². The maximum Gasteiger partial charge on any atom is 0.341 e. The number of aryl methyl sites for hydroxylation is 2. The van der Waals surface area contributed by atoms with Crippen molar-refractivity contribution in [2.24, 2.45) is 7.05 Å². The van der Waals surface area contributed by atoms with Crippen molar-refractivity contribution < 1.29 is 28.6 Å². The first-order valence-electron chi connectivity index (χ1n) is 9.78. The zero-order valence-electron chi connectivity index (χ0n) is 16.6. The first-order valence-corrected chi connectivity index (χ1v) is 11.6. The molecule has 10 heteroatoms. The van der Waals surface area contributed by atoms with Crippen molar-refractivity contribution in [1.82, 2.24) is 5.27 Å². The minimum absolute atomic E-state index is 0.195. The second kappa shape index (κ2) is 10.1. The first-order chi connectivity index (χ1) is 14.0. The number of rotatable bonds is 7. The van der Waals surface area contributed by atoms with Crippen LogP contribution in [0.4, 0.5) is 5.00 Å². The van der Waals surface area contributed by atoms with Crippen LogP contribution in [0.1, 0.15) is 59.8 Å². The van der Waals surface area contributed by atoms with Crippen molar-refractivity contribution in [2.45, 2.75) is 56.9 Å². The van der Waals surface area contributed by atoms with Gasteiger partial charge in [0.2, 0.25) is 5.91 Å². The van der Waals surface area contributed by atoms with E-state index in [1.165, 1.54) is 39.1 Å². The number of ether oxygens (including phenoxy) is 1. The first kappa shape index (κ1) is 21.6. The molecule has 0 aromatic carbocycles. The van der Waals surface area contributed by atoms with E-state index in [2.05, 4.69) is 15.1 Å². The van der Waals surface area contributed by atoms with Crippen molar-refractivity contribution in [3.63, 3.8) is 0 Å². The minimum Gasteiger partial charge on any atom is -0.538 e. The number of hydrogen-bond acceptors (Lipinski definition) is 8. The van der Waals surface area contributed by atoms with Crippen LogP contribution in [0.25, 0.3) is 0 Å². The summed E-state index contributed by atoms with van der Waals surface area (Å²) in [4.78, 5) is 26.3. The quantitative estimate of drug-likeness (QED) is 0.401. The molecule has 1 aliphatic rings. The van der Waals surface area contributed by atoms with Crippen LogP contribution in [0.3, 0.4) is 0 Å². The molecule has 29 heavy (non-hydrogen) atoms. The molecule has 2 aromatic rings. The molecule has 1 amide bonds. The molecule has 0 radical (unpaired) electrons. The average Bonchev–Trinajstić information content (AvgIpc) is 3.15. The molecule has 8 nitrogen and oxygen atoms in total. The number of anilines is 1. The molecule has 0 spiro atoms. The Bertz CT molecular complexity index is 858. The number of nitrogens with one attached hydrogen (secondary N) is 1. The van der Waals surface area contributed by atoms with E-state index in [0.717, 1.165) is 37.7 Å². The second-order valence-corrected chi connectivity index (χ2v) is 8.97. The van der Waals surface area contributed by atoms with Gasteiger partial charge in [-0.1, -0.05) is 29.3 Å². The van der Waals surface area contributed by atoms with Crippen molar-refractivity contribution in [1.29, 1.82) is 0 Å². The maximum absolute atomic E-state index is 12.6. The van der Waals surface area contributed by atoms with Gasteiger partial charge in [-0.15, -0.1) is 11.3 Å². The van der Waals surface area contributed by atoms with E-state index < -0.39 is 5.95 Å². The average molecular weight is 440 g/mol. The van der Waals surface area contributed by atoms with Crippen LogP contribution < -0.4 is 15.1 Å². The van der Waals surface area contributed by atoms with Crippen molar-refractivity contribution in [2.75, 3.05) is 17.7 Å². The molecule has 0 atom stereocenters. The fourth-order valence-electron chi connectivity index (χ4n) is 3.32. The van der Waals surface area contributed by atoms with E-state index >= 15 is 0 Å². The normalized spacial score (nSPS) is 14.0. The van der Waals surface area contributed by atoms with Crippen molar-refractivity contribution in [3.05, 3.63) is 16.0 Å². The lowest BCUT2D eigenvalue weighted by molar-refractivity contribution is -0.772. The summed E-state index contributed by atoms with van der Waals surface area (Å²) in [6, 6.07) is 0. The highest BCUT2D eigenvalue weighted by Gasteiger charge is 2.26. The molecule has 0 bridgehead atoms. The molecule has 1 N–H and O–H groups in total. The summed E-state index contributed by atoms with van der Waals surface area (Å²) < 4.78 is 11.2.